The molecule has 0 atom stereocenters. The molecule has 0 aliphatic carbocycles. The normalized spacial score (nSPS) is 10.3. The molecule has 1 amide bonds. The van der Waals surface area contributed by atoms with Crippen molar-refractivity contribution in [3.05, 3.63) is 65.0 Å². The number of amides is 1. The van der Waals surface area contributed by atoms with Crippen LogP contribution in [0.1, 0.15) is 21.5 Å². The van der Waals surface area contributed by atoms with E-state index in [0.717, 1.165) is 11.1 Å². The Kier molecular flexibility index (Phi) is 4.03. The summed E-state index contributed by atoms with van der Waals surface area (Å²) < 4.78 is 12.8. The van der Waals surface area contributed by atoms with E-state index in [2.05, 4.69) is 0 Å². The van der Waals surface area contributed by atoms with Crippen molar-refractivity contribution >= 4 is 11.6 Å². The van der Waals surface area contributed by atoms with Crippen LogP contribution in [0.2, 0.25) is 0 Å². The van der Waals surface area contributed by atoms with Gasteiger partial charge in [0.1, 0.15) is 5.82 Å². The van der Waals surface area contributed by atoms with Crippen molar-refractivity contribution in [2.75, 3.05) is 12.8 Å². The SMILES string of the molecule is Cc1ccc(C(=O)N(C)Cc2ccc(F)cc2)c(N)c1. The Labute approximate surface area is 117 Å². The lowest BCUT2D eigenvalue weighted by molar-refractivity contribution is 0.0786. The summed E-state index contributed by atoms with van der Waals surface area (Å²) in [5.41, 5.74) is 8.72. The molecule has 4 heteroatoms. The van der Waals surface area contributed by atoms with Gasteiger partial charge in [0.25, 0.3) is 5.91 Å². The standard InChI is InChI=1S/C16H17FN2O/c1-11-3-8-14(15(18)9-11)16(20)19(2)10-12-4-6-13(17)7-5-12/h3-9H,10,18H2,1-2H3. The molecular formula is C16H17FN2O. The fourth-order valence-corrected chi connectivity index (χ4v) is 2.02. The molecule has 0 bridgehead atoms. The average Bonchev–Trinajstić information content (AvgIpc) is 2.40. The number of carbonyl (C=O) groups is 1. The number of hydrogen-bond acceptors (Lipinski definition) is 2. The number of aryl methyl sites for hydroxylation is 1. The molecule has 2 aromatic rings. The fraction of sp³-hybridized carbons (Fsp3) is 0.188. The van der Waals surface area contributed by atoms with E-state index in [-0.39, 0.29) is 11.7 Å². The van der Waals surface area contributed by atoms with Crippen LogP contribution in [0, 0.1) is 12.7 Å². The Morgan fingerprint density at radius 3 is 2.45 bits per heavy atom. The van der Waals surface area contributed by atoms with E-state index < -0.39 is 0 Å². The van der Waals surface area contributed by atoms with Crippen LogP contribution in [0.3, 0.4) is 0 Å². The van der Waals surface area contributed by atoms with E-state index in [1.165, 1.54) is 12.1 Å². The molecule has 0 fully saturated rings. The van der Waals surface area contributed by atoms with Crippen LogP contribution in [0.5, 0.6) is 0 Å². The number of hydrogen-bond donors (Lipinski definition) is 1. The molecule has 0 aliphatic heterocycles. The minimum absolute atomic E-state index is 0.146. The maximum atomic E-state index is 12.8. The van der Waals surface area contributed by atoms with E-state index in [1.54, 1.807) is 36.2 Å². The molecule has 3 nitrogen and oxygen atoms in total. The van der Waals surface area contributed by atoms with Crippen LogP contribution in [0.25, 0.3) is 0 Å². The van der Waals surface area contributed by atoms with Gasteiger partial charge in [-0.15, -0.1) is 0 Å². The molecule has 0 saturated carbocycles. The summed E-state index contributed by atoms with van der Waals surface area (Å²) >= 11 is 0. The molecule has 0 aromatic heterocycles. The molecule has 2 rings (SSSR count). The van der Waals surface area contributed by atoms with Crippen LogP contribution in [-0.4, -0.2) is 17.9 Å². The van der Waals surface area contributed by atoms with Gasteiger partial charge in [-0.25, -0.2) is 4.39 Å². The van der Waals surface area contributed by atoms with Crippen molar-refractivity contribution in [2.24, 2.45) is 0 Å². The van der Waals surface area contributed by atoms with Gasteiger partial charge in [0.15, 0.2) is 0 Å². The zero-order chi connectivity index (χ0) is 14.7. The van der Waals surface area contributed by atoms with Crippen molar-refractivity contribution in [3.8, 4) is 0 Å². The Hall–Kier alpha value is -2.36. The third-order valence-electron chi connectivity index (χ3n) is 3.12. The number of carbonyl (C=O) groups excluding carboxylic acids is 1. The van der Waals surface area contributed by atoms with Gasteiger partial charge in [-0.2, -0.15) is 0 Å². The van der Waals surface area contributed by atoms with Gasteiger partial charge in [-0.1, -0.05) is 18.2 Å². The molecule has 0 radical (unpaired) electrons. The Morgan fingerprint density at radius 2 is 1.85 bits per heavy atom. The lowest BCUT2D eigenvalue weighted by Gasteiger charge is -2.18. The second-order valence-electron chi connectivity index (χ2n) is 4.88. The predicted molar refractivity (Wildman–Crippen MR) is 77.8 cm³/mol. The molecule has 0 unspecified atom stereocenters. The molecule has 0 aliphatic rings. The predicted octanol–water partition coefficient (Wildman–Crippen LogP) is 2.99. The van der Waals surface area contributed by atoms with E-state index in [1.807, 2.05) is 13.0 Å². The number of nitrogens with two attached hydrogens (primary N) is 1. The van der Waals surface area contributed by atoms with Gasteiger partial charge >= 0.3 is 0 Å². The van der Waals surface area contributed by atoms with Gasteiger partial charge in [-0.05, 0) is 42.3 Å². The van der Waals surface area contributed by atoms with E-state index >= 15 is 0 Å². The number of rotatable bonds is 3. The Morgan fingerprint density at radius 1 is 1.20 bits per heavy atom. The topological polar surface area (TPSA) is 46.3 Å². The van der Waals surface area contributed by atoms with Crippen LogP contribution in [0.15, 0.2) is 42.5 Å². The first kappa shape index (κ1) is 14.1. The second kappa shape index (κ2) is 5.74. The van der Waals surface area contributed by atoms with Crippen molar-refractivity contribution in [1.29, 1.82) is 0 Å². The number of nitrogen functional groups attached to an aromatic ring is 1. The number of halogens is 1. The third kappa shape index (κ3) is 3.15. The van der Waals surface area contributed by atoms with E-state index in [0.29, 0.717) is 17.8 Å². The summed E-state index contributed by atoms with van der Waals surface area (Å²) in [6.45, 7) is 2.33. The fourth-order valence-electron chi connectivity index (χ4n) is 2.02. The summed E-state index contributed by atoms with van der Waals surface area (Å²) in [4.78, 5) is 13.9. The molecule has 2 aromatic carbocycles. The first-order chi connectivity index (χ1) is 9.47. The lowest BCUT2D eigenvalue weighted by atomic mass is 10.1. The van der Waals surface area contributed by atoms with Gasteiger partial charge in [0.2, 0.25) is 0 Å². The highest BCUT2D eigenvalue weighted by molar-refractivity contribution is 5.99. The van der Waals surface area contributed by atoms with E-state index in [4.69, 9.17) is 5.73 Å². The zero-order valence-corrected chi connectivity index (χ0v) is 11.6. The van der Waals surface area contributed by atoms with Crippen molar-refractivity contribution in [1.82, 2.24) is 4.90 Å². The minimum Gasteiger partial charge on any atom is -0.398 e. The van der Waals surface area contributed by atoms with Gasteiger partial charge < -0.3 is 10.6 Å². The summed E-state index contributed by atoms with van der Waals surface area (Å²) in [6, 6.07) is 11.5. The zero-order valence-electron chi connectivity index (χ0n) is 11.6. The third-order valence-corrected chi connectivity index (χ3v) is 3.12. The first-order valence-corrected chi connectivity index (χ1v) is 6.33. The van der Waals surface area contributed by atoms with Crippen LogP contribution in [0.4, 0.5) is 10.1 Å². The average molecular weight is 272 g/mol. The summed E-state index contributed by atoms with van der Waals surface area (Å²) in [7, 11) is 1.70. The summed E-state index contributed by atoms with van der Waals surface area (Å²) in [6.07, 6.45) is 0. The van der Waals surface area contributed by atoms with Gasteiger partial charge in [0, 0.05) is 19.3 Å². The van der Waals surface area contributed by atoms with E-state index in [9.17, 15) is 9.18 Å². The summed E-state index contributed by atoms with van der Waals surface area (Å²) in [5.74, 6) is -0.433. The highest BCUT2D eigenvalue weighted by Gasteiger charge is 2.14. The van der Waals surface area contributed by atoms with Crippen molar-refractivity contribution < 1.29 is 9.18 Å². The first-order valence-electron chi connectivity index (χ1n) is 6.33. The van der Waals surface area contributed by atoms with Gasteiger partial charge in [0.05, 0.1) is 5.56 Å². The number of benzene rings is 2. The maximum Gasteiger partial charge on any atom is 0.255 e. The molecule has 20 heavy (non-hydrogen) atoms. The Bertz CT molecular complexity index is 623. The quantitative estimate of drug-likeness (QED) is 0.873. The minimum atomic E-state index is -0.287. The van der Waals surface area contributed by atoms with Crippen molar-refractivity contribution in [3.63, 3.8) is 0 Å². The van der Waals surface area contributed by atoms with Crippen molar-refractivity contribution in [2.45, 2.75) is 13.5 Å². The number of anilines is 1. The van der Waals surface area contributed by atoms with Crippen LogP contribution < -0.4 is 5.73 Å². The largest absolute Gasteiger partial charge is 0.398 e. The molecule has 104 valence electrons. The molecule has 2 N–H and O–H groups in total. The highest BCUT2D eigenvalue weighted by Crippen LogP contribution is 2.17. The molecular weight excluding hydrogens is 255 g/mol. The second-order valence-corrected chi connectivity index (χ2v) is 4.88. The molecule has 0 spiro atoms. The van der Waals surface area contributed by atoms with Gasteiger partial charge in [-0.3, -0.25) is 4.79 Å². The Balaban J connectivity index is 2.14. The van der Waals surface area contributed by atoms with Crippen LogP contribution >= 0.6 is 0 Å². The molecule has 0 heterocycles. The maximum absolute atomic E-state index is 12.8. The van der Waals surface area contributed by atoms with Crippen LogP contribution in [-0.2, 0) is 6.54 Å². The highest BCUT2D eigenvalue weighted by atomic mass is 19.1. The number of nitrogens with zero attached hydrogens (tertiary/aromatic N) is 1. The summed E-state index contributed by atoms with van der Waals surface area (Å²) in [5, 5.41) is 0. The molecule has 0 saturated heterocycles. The smallest absolute Gasteiger partial charge is 0.255 e. The lowest BCUT2D eigenvalue weighted by Crippen LogP contribution is -2.27. The monoisotopic (exact) mass is 272 g/mol.